The summed E-state index contributed by atoms with van der Waals surface area (Å²) in [5.74, 6) is 0.109. The molecule has 2 aromatic carbocycles. The molecule has 0 aliphatic rings. The number of benzene rings is 2. The fourth-order valence-corrected chi connectivity index (χ4v) is 2.23. The summed E-state index contributed by atoms with van der Waals surface area (Å²) in [4.78, 5) is 22.2. The molecule has 6 nitrogen and oxygen atoms in total. The Bertz CT molecular complexity index is 713. The van der Waals surface area contributed by atoms with Crippen LogP contribution in [0.3, 0.4) is 0 Å². The minimum absolute atomic E-state index is 0.166. The van der Waals surface area contributed by atoms with Crippen LogP contribution >= 0.6 is 0 Å². The number of hydrogen-bond acceptors (Lipinski definition) is 4. The first-order chi connectivity index (χ1) is 10.5. The average molecular weight is 302 g/mol. The summed E-state index contributed by atoms with van der Waals surface area (Å²) in [6.45, 7) is 3.87. The van der Waals surface area contributed by atoms with Crippen molar-refractivity contribution >= 4 is 28.1 Å². The molecule has 0 aliphatic carbocycles. The first kappa shape index (κ1) is 15.8. The highest BCUT2D eigenvalue weighted by molar-refractivity contribution is 6.07. The molecule has 0 saturated carbocycles. The van der Waals surface area contributed by atoms with Gasteiger partial charge >= 0.3 is 0 Å². The Labute approximate surface area is 128 Å². The summed E-state index contributed by atoms with van der Waals surface area (Å²) in [6, 6.07) is 8.54. The van der Waals surface area contributed by atoms with Gasteiger partial charge in [0.25, 0.3) is 5.69 Å². The lowest BCUT2D eigenvalue weighted by molar-refractivity contribution is -0.383. The summed E-state index contributed by atoms with van der Waals surface area (Å²) in [5.41, 5.74) is 0.0383. The van der Waals surface area contributed by atoms with Gasteiger partial charge in [-0.2, -0.15) is 0 Å². The second kappa shape index (κ2) is 6.89. The smallest absolute Gasteiger partial charge is 0.297 e. The first-order valence-electron chi connectivity index (χ1n) is 7.15. The van der Waals surface area contributed by atoms with Gasteiger partial charge in [-0.25, -0.2) is 0 Å². The fourth-order valence-electron chi connectivity index (χ4n) is 2.23. The Balaban J connectivity index is 2.62. The number of carbonyl (C=O) groups is 1. The molecule has 0 saturated heterocycles. The van der Waals surface area contributed by atoms with E-state index in [-0.39, 0.29) is 17.3 Å². The van der Waals surface area contributed by atoms with Crippen LogP contribution < -0.4 is 10.1 Å². The quantitative estimate of drug-likeness (QED) is 0.498. The predicted octanol–water partition coefficient (Wildman–Crippen LogP) is 3.89. The highest BCUT2D eigenvalue weighted by Crippen LogP contribution is 2.39. The van der Waals surface area contributed by atoms with Gasteiger partial charge in [-0.3, -0.25) is 14.9 Å². The standard InChI is InChI=1S/C16H18N2O4/c1-3-4-9-22-15-10-14(18(20)21)16(17-11(2)19)13-8-6-5-7-12(13)15/h5-8,10H,3-4,9H2,1-2H3,(H,17,19). The van der Waals surface area contributed by atoms with Gasteiger partial charge in [0.2, 0.25) is 5.91 Å². The van der Waals surface area contributed by atoms with E-state index in [9.17, 15) is 14.9 Å². The van der Waals surface area contributed by atoms with Crippen LogP contribution in [0.15, 0.2) is 30.3 Å². The van der Waals surface area contributed by atoms with Crippen molar-refractivity contribution in [1.82, 2.24) is 0 Å². The van der Waals surface area contributed by atoms with Crippen LogP contribution in [0.25, 0.3) is 10.8 Å². The maximum atomic E-state index is 11.4. The van der Waals surface area contributed by atoms with Crippen LogP contribution in [0.1, 0.15) is 26.7 Å². The minimum atomic E-state index is -0.510. The summed E-state index contributed by atoms with van der Waals surface area (Å²) in [5, 5.41) is 15.2. The van der Waals surface area contributed by atoms with Gasteiger partial charge in [-0.05, 0) is 6.42 Å². The average Bonchev–Trinajstić information content (AvgIpc) is 2.48. The largest absolute Gasteiger partial charge is 0.493 e. The summed E-state index contributed by atoms with van der Waals surface area (Å²) in [6.07, 6.45) is 1.85. The number of nitro groups is 1. The normalized spacial score (nSPS) is 10.5. The van der Waals surface area contributed by atoms with E-state index in [1.807, 2.05) is 19.1 Å². The molecule has 0 spiro atoms. The van der Waals surface area contributed by atoms with E-state index in [0.717, 1.165) is 18.2 Å². The molecule has 0 aliphatic heterocycles. The molecule has 22 heavy (non-hydrogen) atoms. The highest BCUT2D eigenvalue weighted by Gasteiger charge is 2.21. The van der Waals surface area contributed by atoms with Crippen molar-refractivity contribution in [1.29, 1.82) is 0 Å². The van der Waals surface area contributed by atoms with Crippen molar-refractivity contribution in [3.63, 3.8) is 0 Å². The van der Waals surface area contributed by atoms with Crippen LogP contribution in [0.4, 0.5) is 11.4 Å². The molecule has 2 aromatic rings. The molecule has 0 atom stereocenters. The van der Waals surface area contributed by atoms with E-state index in [1.165, 1.54) is 13.0 Å². The third kappa shape index (κ3) is 3.33. The Hall–Kier alpha value is -2.63. The topological polar surface area (TPSA) is 81.5 Å². The predicted molar refractivity (Wildman–Crippen MR) is 85.3 cm³/mol. The Morgan fingerprint density at radius 1 is 1.32 bits per heavy atom. The number of nitrogens with one attached hydrogen (secondary N) is 1. The van der Waals surface area contributed by atoms with Crippen molar-refractivity contribution in [3.05, 3.63) is 40.4 Å². The zero-order chi connectivity index (χ0) is 16.1. The van der Waals surface area contributed by atoms with E-state index >= 15 is 0 Å². The zero-order valence-corrected chi connectivity index (χ0v) is 12.6. The van der Waals surface area contributed by atoms with Crippen LogP contribution in [0.5, 0.6) is 5.75 Å². The van der Waals surface area contributed by atoms with Gasteiger partial charge in [0, 0.05) is 17.7 Å². The van der Waals surface area contributed by atoms with Crippen molar-refractivity contribution < 1.29 is 14.5 Å². The third-order valence-electron chi connectivity index (χ3n) is 3.24. The molecular formula is C16H18N2O4. The van der Waals surface area contributed by atoms with E-state index in [4.69, 9.17) is 4.74 Å². The van der Waals surface area contributed by atoms with E-state index in [2.05, 4.69) is 5.32 Å². The minimum Gasteiger partial charge on any atom is -0.493 e. The van der Waals surface area contributed by atoms with Crippen molar-refractivity contribution in [2.75, 3.05) is 11.9 Å². The van der Waals surface area contributed by atoms with Crippen LogP contribution in [0, 0.1) is 10.1 Å². The number of amides is 1. The number of ether oxygens (including phenoxy) is 1. The number of rotatable bonds is 6. The lowest BCUT2D eigenvalue weighted by Gasteiger charge is -2.13. The molecule has 116 valence electrons. The lowest BCUT2D eigenvalue weighted by Crippen LogP contribution is -2.09. The SMILES string of the molecule is CCCCOc1cc([N+](=O)[O-])c(NC(C)=O)c2ccccc12. The maximum absolute atomic E-state index is 11.4. The molecule has 6 heteroatoms. The van der Waals surface area contributed by atoms with Crippen molar-refractivity contribution in [2.45, 2.75) is 26.7 Å². The van der Waals surface area contributed by atoms with Crippen LogP contribution in [-0.2, 0) is 4.79 Å². The van der Waals surface area contributed by atoms with Crippen LogP contribution in [0.2, 0.25) is 0 Å². The molecule has 1 amide bonds. The molecular weight excluding hydrogens is 284 g/mol. The summed E-state index contributed by atoms with van der Waals surface area (Å²) in [7, 11) is 0. The van der Waals surface area contributed by atoms with E-state index < -0.39 is 4.92 Å². The fraction of sp³-hybridized carbons (Fsp3) is 0.312. The summed E-state index contributed by atoms with van der Waals surface area (Å²) < 4.78 is 5.69. The molecule has 0 radical (unpaired) electrons. The zero-order valence-electron chi connectivity index (χ0n) is 12.6. The number of unbranched alkanes of at least 4 members (excludes halogenated alkanes) is 1. The van der Waals surface area contributed by atoms with Crippen molar-refractivity contribution in [2.24, 2.45) is 0 Å². The van der Waals surface area contributed by atoms with Crippen LogP contribution in [-0.4, -0.2) is 17.4 Å². The number of nitro benzene ring substituents is 1. The van der Waals surface area contributed by atoms with Gasteiger partial charge < -0.3 is 10.1 Å². The number of hydrogen-bond donors (Lipinski definition) is 1. The molecule has 0 unspecified atom stereocenters. The van der Waals surface area contributed by atoms with Gasteiger partial charge in [-0.1, -0.05) is 37.6 Å². The second-order valence-electron chi connectivity index (χ2n) is 4.95. The molecule has 0 aromatic heterocycles. The van der Waals surface area contributed by atoms with E-state index in [1.54, 1.807) is 12.1 Å². The second-order valence-corrected chi connectivity index (χ2v) is 4.95. The number of fused-ring (bicyclic) bond motifs is 1. The third-order valence-corrected chi connectivity index (χ3v) is 3.24. The van der Waals surface area contributed by atoms with Crippen molar-refractivity contribution in [3.8, 4) is 5.75 Å². The maximum Gasteiger partial charge on any atom is 0.297 e. The molecule has 0 fully saturated rings. The number of carbonyl (C=O) groups excluding carboxylic acids is 1. The van der Waals surface area contributed by atoms with Gasteiger partial charge in [-0.15, -0.1) is 0 Å². The monoisotopic (exact) mass is 302 g/mol. The van der Waals surface area contributed by atoms with Gasteiger partial charge in [0.1, 0.15) is 11.4 Å². The molecule has 0 bridgehead atoms. The highest BCUT2D eigenvalue weighted by atomic mass is 16.6. The van der Waals surface area contributed by atoms with Gasteiger partial charge in [0.15, 0.2) is 0 Å². The summed E-state index contributed by atoms with van der Waals surface area (Å²) >= 11 is 0. The molecule has 0 heterocycles. The first-order valence-corrected chi connectivity index (χ1v) is 7.15. The number of nitrogens with zero attached hydrogens (tertiary/aromatic N) is 1. The molecule has 2 rings (SSSR count). The Kier molecular flexibility index (Phi) is 4.93. The molecule has 1 N–H and O–H groups in total. The Morgan fingerprint density at radius 3 is 2.59 bits per heavy atom. The lowest BCUT2D eigenvalue weighted by atomic mass is 10.1. The number of anilines is 1. The van der Waals surface area contributed by atoms with E-state index in [0.29, 0.717) is 17.7 Å². The Morgan fingerprint density at radius 2 is 2.00 bits per heavy atom. The van der Waals surface area contributed by atoms with Gasteiger partial charge in [0.05, 0.1) is 17.6 Å².